The minimum absolute atomic E-state index is 0.0872. The maximum Gasteiger partial charge on any atom is 0.343 e. The van der Waals surface area contributed by atoms with Gasteiger partial charge < -0.3 is 9.47 Å². The number of carbonyl (C=O) groups excluding carboxylic acids is 2. The fourth-order valence-corrected chi connectivity index (χ4v) is 3.83. The Morgan fingerprint density at radius 2 is 1.29 bits per heavy atom. The van der Waals surface area contributed by atoms with Crippen LogP contribution in [-0.2, 0) is 11.1 Å². The van der Waals surface area contributed by atoms with Crippen LogP contribution in [0.1, 0.15) is 159 Å². The quantitative estimate of drug-likeness (QED) is 0.0790. The standard InChI is InChI=1S/C38H50O4/c1-4-6-8-10-11-12-13-15-17-31-18-20-34(21-19-31)38(40)42-36-28-26-33(27-29-36)32-22-24-35(25-23-32)37(39)41-30(3)16-14-9-7-5-2/h18-30H,4-17H2,1-3H3/t30-/m0/s1/i1D3,4D2,6D2,8D2,10D2,11D2,12D2,13D2,15D2,17D2. The topological polar surface area (TPSA) is 52.6 Å². The normalized spacial score (nSPS) is 22.5. The van der Waals surface area contributed by atoms with E-state index in [2.05, 4.69) is 6.92 Å². The van der Waals surface area contributed by atoms with Crippen molar-refractivity contribution in [2.24, 2.45) is 0 Å². The summed E-state index contributed by atoms with van der Waals surface area (Å²) in [6.07, 6.45) is -34.7. The second-order valence-corrected chi connectivity index (χ2v) is 9.26. The van der Waals surface area contributed by atoms with Gasteiger partial charge in [-0.3, -0.25) is 0 Å². The number of unbranched alkanes of at least 4 members (excludes halogenated alkanes) is 3. The van der Waals surface area contributed by atoms with Crippen molar-refractivity contribution in [2.45, 2.75) is 116 Å². The number of hydrogen-bond acceptors (Lipinski definition) is 4. The highest BCUT2D eigenvalue weighted by atomic mass is 16.5. The summed E-state index contributed by atoms with van der Waals surface area (Å²) in [5, 5.41) is 0. The number of benzene rings is 3. The highest BCUT2D eigenvalue weighted by Gasteiger charge is 2.13. The molecule has 0 aliphatic carbocycles. The molecule has 0 aliphatic heterocycles. The van der Waals surface area contributed by atoms with Gasteiger partial charge in [0.2, 0.25) is 0 Å². The molecule has 4 nitrogen and oxygen atoms in total. The maximum atomic E-state index is 13.0. The molecule has 0 fully saturated rings. The van der Waals surface area contributed by atoms with Gasteiger partial charge in [-0.2, -0.15) is 0 Å². The summed E-state index contributed by atoms with van der Waals surface area (Å²) in [5.41, 5.74) is 0.921. The van der Waals surface area contributed by atoms with E-state index in [1.54, 1.807) is 36.4 Å². The summed E-state index contributed by atoms with van der Waals surface area (Å²) in [4.78, 5) is 25.6. The fraction of sp³-hybridized carbons (Fsp3) is 0.474. The molecular formula is C38H50O4. The minimum atomic E-state index is -4.67. The molecule has 0 unspecified atom stereocenters. The summed E-state index contributed by atoms with van der Waals surface area (Å²) in [6, 6.07) is 16.6. The smallest absolute Gasteiger partial charge is 0.343 e. The second-order valence-electron chi connectivity index (χ2n) is 9.26. The van der Waals surface area contributed by atoms with Crippen molar-refractivity contribution in [3.05, 3.63) is 89.5 Å². The Balaban J connectivity index is 1.80. The first-order valence-corrected chi connectivity index (χ1v) is 13.7. The predicted octanol–water partition coefficient (Wildman–Crippen LogP) is 10.8. The molecule has 226 valence electrons. The Bertz CT molecular complexity index is 2040. The van der Waals surface area contributed by atoms with Crippen LogP contribution in [0.2, 0.25) is 0 Å². The summed E-state index contributed by atoms with van der Waals surface area (Å²) in [7, 11) is 0. The van der Waals surface area contributed by atoms with E-state index in [1.165, 1.54) is 12.1 Å². The first-order valence-electron chi connectivity index (χ1n) is 24.2. The van der Waals surface area contributed by atoms with Crippen molar-refractivity contribution < 1.29 is 47.8 Å². The molecule has 1 atom stereocenters. The molecule has 42 heavy (non-hydrogen) atoms. The Morgan fingerprint density at radius 3 is 1.93 bits per heavy atom. The summed E-state index contributed by atoms with van der Waals surface area (Å²) in [6.45, 7) is 0.0103. The Morgan fingerprint density at radius 1 is 0.714 bits per heavy atom. The highest BCUT2D eigenvalue weighted by Crippen LogP contribution is 2.24. The van der Waals surface area contributed by atoms with Gasteiger partial charge in [-0.1, -0.05) is 114 Å². The molecule has 0 bridgehead atoms. The molecule has 0 aliphatic rings. The number of ether oxygens (including phenoxy) is 2. The zero-order valence-electron chi connectivity index (χ0n) is 44.7. The lowest BCUT2D eigenvalue weighted by atomic mass is 10.0. The molecule has 0 heterocycles. The van der Waals surface area contributed by atoms with Crippen molar-refractivity contribution >= 4 is 11.9 Å². The van der Waals surface area contributed by atoms with Gasteiger partial charge in [0.15, 0.2) is 0 Å². The zero-order chi connectivity index (χ0) is 48.6. The van der Waals surface area contributed by atoms with Crippen molar-refractivity contribution in [1.29, 1.82) is 0 Å². The number of esters is 2. The van der Waals surface area contributed by atoms with Crippen molar-refractivity contribution in [3.8, 4) is 16.9 Å². The van der Waals surface area contributed by atoms with Crippen LogP contribution in [-0.4, -0.2) is 18.0 Å². The summed E-state index contributed by atoms with van der Waals surface area (Å²) < 4.78 is 181. The number of carbonyl (C=O) groups is 2. The molecule has 4 heteroatoms. The van der Waals surface area contributed by atoms with Crippen LogP contribution >= 0.6 is 0 Å². The largest absolute Gasteiger partial charge is 0.459 e. The molecule has 0 spiro atoms. The van der Waals surface area contributed by atoms with E-state index in [4.69, 9.17) is 38.3 Å². The van der Waals surface area contributed by atoms with Crippen LogP contribution in [0.3, 0.4) is 0 Å². The van der Waals surface area contributed by atoms with Gasteiger partial charge in [0, 0.05) is 28.8 Å². The molecule has 3 aromatic rings. The first kappa shape index (κ1) is 14.4. The predicted molar refractivity (Wildman–Crippen MR) is 173 cm³/mol. The van der Waals surface area contributed by atoms with E-state index in [9.17, 15) is 9.59 Å². The van der Waals surface area contributed by atoms with E-state index in [1.807, 2.05) is 6.92 Å². The lowest BCUT2D eigenvalue weighted by molar-refractivity contribution is 0.0319. The first-order chi connectivity index (χ1) is 28.4. The zero-order valence-corrected chi connectivity index (χ0v) is 23.7. The van der Waals surface area contributed by atoms with E-state index >= 15 is 0 Å². The van der Waals surface area contributed by atoms with Gasteiger partial charge >= 0.3 is 11.9 Å². The van der Waals surface area contributed by atoms with Crippen molar-refractivity contribution in [2.75, 3.05) is 0 Å². The van der Waals surface area contributed by atoms with Gasteiger partial charge in [0.1, 0.15) is 5.75 Å². The number of aryl methyl sites for hydroxylation is 1. The summed E-state index contributed by atoms with van der Waals surface area (Å²) in [5.74, 6) is -1.31. The molecule has 3 aromatic carbocycles. The molecule has 0 aromatic heterocycles. The molecule has 3 rings (SSSR count). The second kappa shape index (κ2) is 18.9. The van der Waals surface area contributed by atoms with Crippen LogP contribution in [0.5, 0.6) is 5.75 Å². The highest BCUT2D eigenvalue weighted by molar-refractivity contribution is 5.91. The Hall–Kier alpha value is -3.40. The van der Waals surface area contributed by atoms with E-state index in [0.29, 0.717) is 11.1 Å². The average Bonchev–Trinajstić information content (AvgIpc) is 3.18. The van der Waals surface area contributed by atoms with Crippen LogP contribution in [0.25, 0.3) is 11.1 Å². The van der Waals surface area contributed by atoms with Crippen LogP contribution < -0.4 is 4.74 Å². The lowest BCUT2D eigenvalue weighted by Crippen LogP contribution is -2.15. The number of hydrogen-bond donors (Lipinski definition) is 0. The third kappa shape index (κ3) is 11.8. The molecule has 0 radical (unpaired) electrons. The number of rotatable bonds is 19. The van der Waals surface area contributed by atoms with Gasteiger partial charge in [-0.15, -0.1) is 0 Å². The van der Waals surface area contributed by atoms with Gasteiger partial charge in [0.05, 0.1) is 17.2 Å². The third-order valence-corrected chi connectivity index (χ3v) is 6.06. The van der Waals surface area contributed by atoms with Crippen LogP contribution in [0, 0.1) is 0 Å². The Labute approximate surface area is 283 Å². The van der Waals surface area contributed by atoms with Gasteiger partial charge in [-0.05, 0) is 85.6 Å². The summed E-state index contributed by atoms with van der Waals surface area (Å²) >= 11 is 0. The van der Waals surface area contributed by atoms with E-state index in [0.717, 1.165) is 61.9 Å². The Kier molecular flexibility index (Phi) is 6.48. The van der Waals surface area contributed by atoms with E-state index < -0.39 is 81.7 Å². The average molecular weight is 592 g/mol. The molecule has 0 saturated heterocycles. The lowest BCUT2D eigenvalue weighted by Gasteiger charge is -2.13. The van der Waals surface area contributed by atoms with Crippen LogP contribution in [0.15, 0.2) is 72.8 Å². The van der Waals surface area contributed by atoms with Crippen molar-refractivity contribution in [1.82, 2.24) is 0 Å². The fourth-order valence-electron chi connectivity index (χ4n) is 3.83. The van der Waals surface area contributed by atoms with Gasteiger partial charge in [-0.25, -0.2) is 9.59 Å². The van der Waals surface area contributed by atoms with Gasteiger partial charge in [0.25, 0.3) is 0 Å². The van der Waals surface area contributed by atoms with Crippen molar-refractivity contribution in [3.63, 3.8) is 0 Å². The van der Waals surface area contributed by atoms with Crippen LogP contribution in [0.4, 0.5) is 0 Å². The molecule has 0 saturated carbocycles. The van der Waals surface area contributed by atoms with E-state index in [-0.39, 0.29) is 17.4 Å². The molecular weight excluding hydrogens is 520 g/mol. The third-order valence-electron chi connectivity index (χ3n) is 6.06. The molecule has 0 amide bonds. The molecule has 0 N–H and O–H groups in total. The monoisotopic (exact) mass is 592 g/mol. The minimum Gasteiger partial charge on any atom is -0.459 e. The SMILES string of the molecule is [2H]C([2H])([2H])C([2H])([2H])C([2H])([2H])C([2H])([2H])C([2H])([2H])C([2H])([2H])C([2H])([2H])C([2H])([2H])C([2H])([2H])C([2H])([2H])c1ccc(C(=O)Oc2ccc(-c3ccc(C(=O)O[C@@H](C)CCCCCC)cc3)cc2)cc1. The maximum absolute atomic E-state index is 13.0.